The standard InChI is InChI=1S/C30H41FN8O2/c1-4-39-27(29(32)40)22(17-33-39)25(24(19-11-7-5-8-12-19)20-13-9-6-10-14-20)30(41)35-23-16-15-21(28(31)34-23)26-18(2)36-37-38(26)3/h15-17,19-20,24-25H,4-14H2,1-3H3,(H2,32,40)(H,34,35,41)/t25-/m1/s1. The molecular formula is C30H41FN8O2. The number of rotatable bonds is 9. The Morgan fingerprint density at radius 1 is 1.07 bits per heavy atom. The van der Waals surface area contributed by atoms with Gasteiger partial charge < -0.3 is 11.1 Å². The molecule has 41 heavy (non-hydrogen) atoms. The van der Waals surface area contributed by atoms with E-state index in [1.54, 1.807) is 37.0 Å². The predicted molar refractivity (Wildman–Crippen MR) is 153 cm³/mol. The summed E-state index contributed by atoms with van der Waals surface area (Å²) in [5, 5.41) is 15.3. The highest BCUT2D eigenvalue weighted by Crippen LogP contribution is 2.48. The minimum absolute atomic E-state index is 0.0236. The molecule has 0 spiro atoms. The van der Waals surface area contributed by atoms with Gasteiger partial charge in [-0.1, -0.05) is 69.4 Å². The second-order valence-corrected chi connectivity index (χ2v) is 11.7. The van der Waals surface area contributed by atoms with Gasteiger partial charge in [-0.25, -0.2) is 9.67 Å². The lowest BCUT2D eigenvalue weighted by atomic mass is 9.63. The van der Waals surface area contributed by atoms with E-state index < -0.39 is 17.8 Å². The van der Waals surface area contributed by atoms with Gasteiger partial charge in [-0.15, -0.1) is 5.10 Å². The molecule has 0 aromatic carbocycles. The maximum absolute atomic E-state index is 15.3. The van der Waals surface area contributed by atoms with Gasteiger partial charge in [-0.2, -0.15) is 9.49 Å². The van der Waals surface area contributed by atoms with Crippen molar-refractivity contribution in [2.45, 2.75) is 90.5 Å². The first kappa shape index (κ1) is 28.9. The van der Waals surface area contributed by atoms with Crippen LogP contribution in [0.25, 0.3) is 11.3 Å². The molecule has 0 aliphatic heterocycles. The Labute approximate surface area is 240 Å². The molecular weight excluding hydrogens is 523 g/mol. The fourth-order valence-electron chi connectivity index (χ4n) is 7.34. The zero-order chi connectivity index (χ0) is 29.1. The summed E-state index contributed by atoms with van der Waals surface area (Å²) in [7, 11) is 1.69. The third-order valence-electron chi connectivity index (χ3n) is 9.14. The molecule has 0 saturated heterocycles. The lowest BCUT2D eigenvalue weighted by molar-refractivity contribution is -0.120. The number of anilines is 1. The molecule has 2 amide bonds. The molecule has 11 heteroatoms. The predicted octanol–water partition coefficient (Wildman–Crippen LogP) is 5.14. The van der Waals surface area contributed by atoms with E-state index in [2.05, 4.69) is 25.7 Å². The fraction of sp³-hybridized carbons (Fsp3) is 0.600. The molecule has 10 nitrogen and oxygen atoms in total. The zero-order valence-corrected chi connectivity index (χ0v) is 24.3. The quantitative estimate of drug-likeness (QED) is 0.346. The molecule has 1 atom stereocenters. The van der Waals surface area contributed by atoms with Crippen LogP contribution in [0.2, 0.25) is 0 Å². The van der Waals surface area contributed by atoms with Gasteiger partial charge in [0.1, 0.15) is 11.5 Å². The van der Waals surface area contributed by atoms with Crippen LogP contribution >= 0.6 is 0 Å². The number of nitrogens with zero attached hydrogens (tertiary/aromatic N) is 6. The van der Waals surface area contributed by atoms with Gasteiger partial charge >= 0.3 is 0 Å². The van der Waals surface area contributed by atoms with Crippen molar-refractivity contribution >= 4 is 17.6 Å². The highest BCUT2D eigenvalue weighted by molar-refractivity contribution is 5.99. The van der Waals surface area contributed by atoms with E-state index in [0.717, 1.165) is 51.4 Å². The smallest absolute Gasteiger partial charge is 0.267 e. The van der Waals surface area contributed by atoms with Gasteiger partial charge in [0.2, 0.25) is 11.9 Å². The van der Waals surface area contributed by atoms with E-state index in [0.29, 0.717) is 35.3 Å². The molecule has 3 heterocycles. The van der Waals surface area contributed by atoms with Gasteiger partial charge in [-0.05, 0) is 43.7 Å². The van der Waals surface area contributed by atoms with Crippen LogP contribution in [0.4, 0.5) is 10.2 Å². The first-order chi connectivity index (χ1) is 19.8. The first-order valence-electron chi connectivity index (χ1n) is 15.0. The maximum atomic E-state index is 15.3. The summed E-state index contributed by atoms with van der Waals surface area (Å²) in [6.07, 6.45) is 12.8. The number of aryl methyl sites for hydroxylation is 3. The summed E-state index contributed by atoms with van der Waals surface area (Å²) in [4.78, 5) is 31.2. The largest absolute Gasteiger partial charge is 0.364 e. The lowest BCUT2D eigenvalue weighted by Gasteiger charge is -2.41. The Morgan fingerprint density at radius 2 is 1.71 bits per heavy atom. The molecule has 5 rings (SSSR count). The molecule has 220 valence electrons. The van der Waals surface area contributed by atoms with Crippen LogP contribution in [-0.2, 0) is 18.4 Å². The Kier molecular flexibility index (Phi) is 8.79. The number of hydrogen-bond donors (Lipinski definition) is 2. The third kappa shape index (κ3) is 5.90. The first-order valence-corrected chi connectivity index (χ1v) is 15.0. The summed E-state index contributed by atoms with van der Waals surface area (Å²) in [6, 6.07) is 3.18. The number of hydrogen-bond acceptors (Lipinski definition) is 6. The molecule has 0 bridgehead atoms. The van der Waals surface area contributed by atoms with Crippen molar-refractivity contribution in [3.63, 3.8) is 0 Å². The molecule has 3 N–H and O–H groups in total. The number of carbonyl (C=O) groups excluding carboxylic acids is 2. The summed E-state index contributed by atoms with van der Waals surface area (Å²) < 4.78 is 18.4. The average Bonchev–Trinajstić information content (AvgIpc) is 3.55. The van der Waals surface area contributed by atoms with E-state index in [4.69, 9.17) is 5.73 Å². The Morgan fingerprint density at radius 3 is 2.22 bits per heavy atom. The van der Waals surface area contributed by atoms with Crippen LogP contribution in [0.5, 0.6) is 0 Å². The van der Waals surface area contributed by atoms with Crippen molar-refractivity contribution in [1.82, 2.24) is 29.8 Å². The third-order valence-corrected chi connectivity index (χ3v) is 9.14. The van der Waals surface area contributed by atoms with Crippen LogP contribution in [0, 0.1) is 30.6 Å². The summed E-state index contributed by atoms with van der Waals surface area (Å²) in [5.41, 5.74) is 8.09. The highest BCUT2D eigenvalue weighted by atomic mass is 19.1. The number of carbonyl (C=O) groups is 2. The molecule has 0 unspecified atom stereocenters. The van der Waals surface area contributed by atoms with Crippen LogP contribution < -0.4 is 11.1 Å². The van der Waals surface area contributed by atoms with Crippen LogP contribution in [0.3, 0.4) is 0 Å². The summed E-state index contributed by atoms with van der Waals surface area (Å²) >= 11 is 0. The molecule has 3 aromatic heterocycles. The summed E-state index contributed by atoms with van der Waals surface area (Å²) in [6.45, 7) is 4.11. The van der Waals surface area contributed by atoms with E-state index >= 15 is 4.39 Å². The highest BCUT2D eigenvalue weighted by Gasteiger charge is 2.43. The second-order valence-electron chi connectivity index (χ2n) is 11.7. The van der Waals surface area contributed by atoms with E-state index in [9.17, 15) is 9.59 Å². The summed E-state index contributed by atoms with van der Waals surface area (Å²) in [5.74, 6) is -1.45. The minimum Gasteiger partial charge on any atom is -0.364 e. The van der Waals surface area contributed by atoms with E-state index in [1.807, 2.05) is 6.92 Å². The molecule has 3 aromatic rings. The molecule has 2 aliphatic carbocycles. The van der Waals surface area contributed by atoms with Crippen LogP contribution in [0.1, 0.15) is 98.8 Å². The van der Waals surface area contributed by atoms with Gasteiger partial charge in [-0.3, -0.25) is 14.3 Å². The van der Waals surface area contributed by atoms with Crippen molar-refractivity contribution < 1.29 is 14.0 Å². The van der Waals surface area contributed by atoms with Crippen molar-refractivity contribution in [3.8, 4) is 11.3 Å². The topological polar surface area (TPSA) is 134 Å². The number of primary amides is 1. The Balaban J connectivity index is 1.55. The number of nitrogens with two attached hydrogens (primary N) is 1. The van der Waals surface area contributed by atoms with E-state index in [-0.39, 0.29) is 28.9 Å². The Hall–Kier alpha value is -3.63. The van der Waals surface area contributed by atoms with E-state index in [1.165, 1.54) is 17.5 Å². The fourth-order valence-corrected chi connectivity index (χ4v) is 7.34. The number of pyridine rings is 1. The zero-order valence-electron chi connectivity index (χ0n) is 24.3. The van der Waals surface area contributed by atoms with Crippen molar-refractivity contribution in [2.75, 3.05) is 5.32 Å². The Bertz CT molecular complexity index is 1350. The second kappa shape index (κ2) is 12.5. The van der Waals surface area contributed by atoms with Crippen molar-refractivity contribution in [3.05, 3.63) is 41.2 Å². The van der Waals surface area contributed by atoms with Crippen LogP contribution in [0.15, 0.2) is 18.3 Å². The number of halogens is 1. The van der Waals surface area contributed by atoms with Crippen molar-refractivity contribution in [1.29, 1.82) is 0 Å². The molecule has 2 fully saturated rings. The number of amides is 2. The minimum atomic E-state index is -0.722. The average molecular weight is 565 g/mol. The molecule has 2 aliphatic rings. The van der Waals surface area contributed by atoms with Crippen LogP contribution in [-0.4, -0.2) is 41.6 Å². The molecule has 2 saturated carbocycles. The maximum Gasteiger partial charge on any atom is 0.267 e. The number of aromatic nitrogens is 6. The monoisotopic (exact) mass is 564 g/mol. The van der Waals surface area contributed by atoms with Crippen molar-refractivity contribution in [2.24, 2.45) is 30.5 Å². The van der Waals surface area contributed by atoms with Gasteiger partial charge in [0, 0.05) is 19.2 Å². The normalized spacial score (nSPS) is 17.6. The van der Waals surface area contributed by atoms with Gasteiger partial charge in [0.15, 0.2) is 0 Å². The number of nitrogens with one attached hydrogen (secondary N) is 1. The van der Waals surface area contributed by atoms with Gasteiger partial charge in [0.05, 0.1) is 29.1 Å². The SMILES string of the molecule is CCn1ncc([C@@H](C(=O)Nc2ccc(-c3c(C)nnn3C)c(F)n2)C(C2CCCCC2)C2CCCCC2)c1C(N)=O. The lowest BCUT2D eigenvalue weighted by Crippen LogP contribution is -2.39. The molecule has 0 radical (unpaired) electrons. The van der Waals surface area contributed by atoms with Gasteiger partial charge in [0.25, 0.3) is 5.91 Å².